The molecule has 0 aliphatic rings. The van der Waals surface area contributed by atoms with Gasteiger partial charge in [0.05, 0.1) is 12.2 Å². The van der Waals surface area contributed by atoms with E-state index in [9.17, 15) is 4.79 Å². The Balaban J connectivity index is 2.35. The zero-order chi connectivity index (χ0) is 14.5. The molecule has 104 valence electrons. The normalized spacial score (nSPS) is 10.3. The molecular formula is C17H17BrO2. The zero-order valence-electron chi connectivity index (χ0n) is 11.7. The maximum absolute atomic E-state index is 12.6. The first-order chi connectivity index (χ1) is 9.63. The Morgan fingerprint density at radius 2 is 1.95 bits per heavy atom. The van der Waals surface area contributed by atoms with Crippen molar-refractivity contribution < 1.29 is 9.53 Å². The average Bonchev–Trinajstić information content (AvgIpc) is 2.47. The molecule has 0 spiro atoms. The number of hydrogen-bond donors (Lipinski definition) is 0. The van der Waals surface area contributed by atoms with Gasteiger partial charge in [-0.1, -0.05) is 35.0 Å². The Labute approximate surface area is 127 Å². The Morgan fingerprint density at radius 1 is 1.20 bits per heavy atom. The number of para-hydroxylation sites is 1. The van der Waals surface area contributed by atoms with Crippen LogP contribution in [0.15, 0.2) is 46.9 Å². The van der Waals surface area contributed by atoms with Crippen LogP contribution >= 0.6 is 15.9 Å². The molecule has 0 heterocycles. The van der Waals surface area contributed by atoms with Crippen molar-refractivity contribution in [2.24, 2.45) is 0 Å². The SMILES string of the molecule is CCCOc1ccccc1C(=O)c1ccc(Br)c(C)c1. The van der Waals surface area contributed by atoms with E-state index in [-0.39, 0.29) is 5.78 Å². The smallest absolute Gasteiger partial charge is 0.196 e. The third-order valence-corrected chi connectivity index (χ3v) is 3.90. The van der Waals surface area contributed by atoms with Crippen LogP contribution in [0.3, 0.4) is 0 Å². The maximum atomic E-state index is 12.6. The molecule has 2 rings (SSSR count). The van der Waals surface area contributed by atoms with E-state index in [0.29, 0.717) is 23.5 Å². The third kappa shape index (κ3) is 3.28. The van der Waals surface area contributed by atoms with Crippen LogP contribution in [0.5, 0.6) is 5.75 Å². The van der Waals surface area contributed by atoms with Crippen molar-refractivity contribution in [2.45, 2.75) is 20.3 Å². The molecule has 0 aromatic heterocycles. The van der Waals surface area contributed by atoms with Gasteiger partial charge >= 0.3 is 0 Å². The molecule has 0 N–H and O–H groups in total. The predicted molar refractivity (Wildman–Crippen MR) is 84.5 cm³/mol. The molecule has 2 aromatic carbocycles. The van der Waals surface area contributed by atoms with E-state index in [1.165, 1.54) is 0 Å². The van der Waals surface area contributed by atoms with Crippen molar-refractivity contribution in [3.8, 4) is 5.75 Å². The van der Waals surface area contributed by atoms with Crippen LogP contribution < -0.4 is 4.74 Å². The second-order valence-corrected chi connectivity index (χ2v) is 5.49. The van der Waals surface area contributed by atoms with Crippen LogP contribution in [0.25, 0.3) is 0 Å². The van der Waals surface area contributed by atoms with Crippen molar-refractivity contribution in [3.05, 3.63) is 63.6 Å². The Bertz CT molecular complexity index is 620. The summed E-state index contributed by atoms with van der Waals surface area (Å²) in [6, 6.07) is 13.0. The number of carbonyl (C=O) groups is 1. The van der Waals surface area contributed by atoms with Gasteiger partial charge < -0.3 is 4.74 Å². The molecule has 0 aliphatic heterocycles. The minimum absolute atomic E-state index is 0.00713. The molecule has 0 amide bonds. The lowest BCUT2D eigenvalue weighted by atomic mass is 10.0. The Hall–Kier alpha value is -1.61. The molecule has 0 fully saturated rings. The van der Waals surface area contributed by atoms with Gasteiger partial charge in [-0.05, 0) is 49.2 Å². The molecule has 0 aliphatic carbocycles. The molecule has 0 saturated heterocycles. The van der Waals surface area contributed by atoms with Crippen LogP contribution in [0.2, 0.25) is 0 Å². The fourth-order valence-electron chi connectivity index (χ4n) is 1.93. The van der Waals surface area contributed by atoms with Crippen LogP contribution in [0, 0.1) is 6.92 Å². The van der Waals surface area contributed by atoms with Gasteiger partial charge in [-0.3, -0.25) is 4.79 Å². The number of aryl methyl sites for hydroxylation is 1. The number of rotatable bonds is 5. The van der Waals surface area contributed by atoms with E-state index >= 15 is 0 Å². The highest BCUT2D eigenvalue weighted by atomic mass is 79.9. The monoisotopic (exact) mass is 332 g/mol. The highest BCUT2D eigenvalue weighted by molar-refractivity contribution is 9.10. The fourth-order valence-corrected chi connectivity index (χ4v) is 2.18. The quantitative estimate of drug-likeness (QED) is 0.736. The fraction of sp³-hybridized carbons (Fsp3) is 0.235. The number of carbonyl (C=O) groups excluding carboxylic acids is 1. The summed E-state index contributed by atoms with van der Waals surface area (Å²) >= 11 is 3.45. The van der Waals surface area contributed by atoms with E-state index in [2.05, 4.69) is 15.9 Å². The number of halogens is 1. The highest BCUT2D eigenvalue weighted by Crippen LogP contribution is 2.24. The number of ether oxygens (including phenoxy) is 1. The summed E-state index contributed by atoms with van der Waals surface area (Å²) in [7, 11) is 0. The molecule has 0 saturated carbocycles. The summed E-state index contributed by atoms with van der Waals surface area (Å²) in [5.41, 5.74) is 2.34. The lowest BCUT2D eigenvalue weighted by molar-refractivity contribution is 0.103. The summed E-state index contributed by atoms with van der Waals surface area (Å²) in [5.74, 6) is 0.646. The van der Waals surface area contributed by atoms with Crippen LogP contribution in [-0.2, 0) is 0 Å². The minimum Gasteiger partial charge on any atom is -0.493 e. The van der Waals surface area contributed by atoms with Crippen molar-refractivity contribution in [1.82, 2.24) is 0 Å². The highest BCUT2D eigenvalue weighted by Gasteiger charge is 2.14. The summed E-state index contributed by atoms with van der Waals surface area (Å²) < 4.78 is 6.66. The molecule has 3 heteroatoms. The predicted octanol–water partition coefficient (Wildman–Crippen LogP) is 4.78. The van der Waals surface area contributed by atoms with Gasteiger partial charge in [0.25, 0.3) is 0 Å². The molecular weight excluding hydrogens is 316 g/mol. The first kappa shape index (κ1) is 14.8. The van der Waals surface area contributed by atoms with Gasteiger partial charge in [0.2, 0.25) is 0 Å². The maximum Gasteiger partial charge on any atom is 0.196 e. The third-order valence-electron chi connectivity index (χ3n) is 3.01. The van der Waals surface area contributed by atoms with E-state index in [1.807, 2.05) is 56.3 Å². The van der Waals surface area contributed by atoms with Crippen LogP contribution in [-0.4, -0.2) is 12.4 Å². The molecule has 2 aromatic rings. The second kappa shape index (κ2) is 6.71. The summed E-state index contributed by atoms with van der Waals surface area (Å²) in [6.07, 6.45) is 0.917. The molecule has 0 bridgehead atoms. The van der Waals surface area contributed by atoms with E-state index in [4.69, 9.17) is 4.74 Å². The lowest BCUT2D eigenvalue weighted by Gasteiger charge is -2.10. The largest absolute Gasteiger partial charge is 0.493 e. The van der Waals surface area contributed by atoms with Gasteiger partial charge in [0.15, 0.2) is 5.78 Å². The molecule has 0 radical (unpaired) electrons. The van der Waals surface area contributed by atoms with Crippen molar-refractivity contribution in [3.63, 3.8) is 0 Å². The van der Waals surface area contributed by atoms with Gasteiger partial charge in [0.1, 0.15) is 5.75 Å². The van der Waals surface area contributed by atoms with E-state index in [1.54, 1.807) is 0 Å². The zero-order valence-corrected chi connectivity index (χ0v) is 13.2. The van der Waals surface area contributed by atoms with Crippen molar-refractivity contribution in [2.75, 3.05) is 6.61 Å². The topological polar surface area (TPSA) is 26.3 Å². The first-order valence-corrected chi connectivity index (χ1v) is 7.45. The van der Waals surface area contributed by atoms with Gasteiger partial charge in [-0.15, -0.1) is 0 Å². The number of benzene rings is 2. The summed E-state index contributed by atoms with van der Waals surface area (Å²) in [6.45, 7) is 4.63. The lowest BCUT2D eigenvalue weighted by Crippen LogP contribution is -2.06. The standard InChI is InChI=1S/C17H17BrO2/c1-3-10-20-16-7-5-4-6-14(16)17(19)13-8-9-15(18)12(2)11-13/h4-9,11H,3,10H2,1-2H3. The Kier molecular flexibility index (Phi) is 4.96. The van der Waals surface area contributed by atoms with Gasteiger partial charge in [-0.25, -0.2) is 0 Å². The van der Waals surface area contributed by atoms with E-state index in [0.717, 1.165) is 16.5 Å². The summed E-state index contributed by atoms with van der Waals surface area (Å²) in [4.78, 5) is 12.6. The first-order valence-electron chi connectivity index (χ1n) is 6.66. The van der Waals surface area contributed by atoms with Crippen LogP contribution in [0.1, 0.15) is 34.8 Å². The minimum atomic E-state index is -0.00713. The van der Waals surface area contributed by atoms with Crippen molar-refractivity contribution >= 4 is 21.7 Å². The van der Waals surface area contributed by atoms with Crippen molar-refractivity contribution in [1.29, 1.82) is 0 Å². The number of ketones is 1. The second-order valence-electron chi connectivity index (χ2n) is 4.64. The molecule has 20 heavy (non-hydrogen) atoms. The molecule has 0 atom stereocenters. The molecule has 0 unspecified atom stereocenters. The van der Waals surface area contributed by atoms with E-state index < -0.39 is 0 Å². The average molecular weight is 333 g/mol. The van der Waals surface area contributed by atoms with Crippen LogP contribution in [0.4, 0.5) is 0 Å². The number of hydrogen-bond acceptors (Lipinski definition) is 2. The van der Waals surface area contributed by atoms with Gasteiger partial charge in [0, 0.05) is 10.0 Å². The molecule has 2 nitrogen and oxygen atoms in total. The van der Waals surface area contributed by atoms with Gasteiger partial charge in [-0.2, -0.15) is 0 Å². The Morgan fingerprint density at radius 3 is 2.65 bits per heavy atom. The summed E-state index contributed by atoms with van der Waals surface area (Å²) in [5, 5.41) is 0.